The lowest BCUT2D eigenvalue weighted by atomic mass is 10.2. The van der Waals surface area contributed by atoms with Crippen LogP contribution in [0.4, 0.5) is 25.0 Å². The van der Waals surface area contributed by atoms with Gasteiger partial charge >= 0.3 is 6.09 Å². The fourth-order valence-corrected chi connectivity index (χ4v) is 4.53. The van der Waals surface area contributed by atoms with Crippen molar-refractivity contribution in [2.45, 2.75) is 19.0 Å². The van der Waals surface area contributed by atoms with Gasteiger partial charge in [-0.1, -0.05) is 12.2 Å². The predicted molar refractivity (Wildman–Crippen MR) is 106 cm³/mol. The second-order valence-corrected chi connectivity index (χ2v) is 9.41. The number of nitrogens with one attached hydrogen (secondary N) is 1. The van der Waals surface area contributed by atoms with Gasteiger partial charge in [0.15, 0.2) is 9.84 Å². The van der Waals surface area contributed by atoms with E-state index in [-0.39, 0.29) is 24.6 Å². The highest BCUT2D eigenvalue weighted by Gasteiger charge is 2.32. The molecule has 2 aliphatic heterocycles. The maximum absolute atomic E-state index is 12.4. The number of ether oxygens (including phenoxy) is 1. The number of hydrogen-bond donors (Lipinski definition) is 1. The SMILES string of the molecule is O=C1OC(CNC(=S)C(F)F)CN1c1ccc(N2CCCS(=O)(=O)CC2)cc1. The van der Waals surface area contributed by atoms with Crippen LogP contribution in [-0.2, 0) is 14.6 Å². The molecule has 1 unspecified atom stereocenters. The molecule has 1 N–H and O–H groups in total. The molecule has 3 rings (SSSR count). The number of carbonyl (C=O) groups is 1. The van der Waals surface area contributed by atoms with Gasteiger partial charge in [-0.05, 0) is 30.7 Å². The fourth-order valence-electron chi connectivity index (χ4n) is 3.17. The Morgan fingerprint density at radius 3 is 2.57 bits per heavy atom. The van der Waals surface area contributed by atoms with Crippen molar-refractivity contribution in [3.05, 3.63) is 24.3 Å². The number of cyclic esters (lactones) is 1. The monoisotopic (exact) mass is 433 g/mol. The summed E-state index contributed by atoms with van der Waals surface area (Å²) in [7, 11) is -2.99. The van der Waals surface area contributed by atoms with Crippen LogP contribution in [0.25, 0.3) is 0 Å². The third-order valence-corrected chi connectivity index (χ3v) is 6.70. The van der Waals surface area contributed by atoms with Crippen LogP contribution in [0.5, 0.6) is 0 Å². The fraction of sp³-hybridized carbons (Fsp3) is 0.529. The van der Waals surface area contributed by atoms with E-state index in [1.165, 1.54) is 4.90 Å². The molecule has 1 aromatic carbocycles. The van der Waals surface area contributed by atoms with E-state index < -0.39 is 33.4 Å². The highest BCUT2D eigenvalue weighted by atomic mass is 32.2. The molecule has 0 aliphatic carbocycles. The molecule has 28 heavy (non-hydrogen) atoms. The van der Waals surface area contributed by atoms with Crippen LogP contribution in [0.15, 0.2) is 24.3 Å². The van der Waals surface area contributed by atoms with E-state index in [0.29, 0.717) is 25.2 Å². The van der Waals surface area contributed by atoms with Crippen molar-refractivity contribution in [3.8, 4) is 0 Å². The van der Waals surface area contributed by atoms with Gasteiger partial charge in [0.2, 0.25) is 0 Å². The summed E-state index contributed by atoms with van der Waals surface area (Å²) in [5.74, 6) is 0.327. The number of alkyl halides is 2. The first-order valence-corrected chi connectivity index (χ1v) is 11.1. The minimum absolute atomic E-state index is 0.0196. The summed E-state index contributed by atoms with van der Waals surface area (Å²) in [4.78, 5) is 14.9. The van der Waals surface area contributed by atoms with Gasteiger partial charge in [0, 0.05) is 24.5 Å². The molecule has 1 aromatic rings. The van der Waals surface area contributed by atoms with Crippen molar-refractivity contribution in [1.82, 2.24) is 5.32 Å². The number of sulfone groups is 1. The molecular formula is C17H21F2N3O4S2. The Balaban J connectivity index is 1.60. The van der Waals surface area contributed by atoms with E-state index >= 15 is 0 Å². The topological polar surface area (TPSA) is 79.0 Å². The zero-order chi connectivity index (χ0) is 20.3. The quantitative estimate of drug-likeness (QED) is 0.710. The minimum Gasteiger partial charge on any atom is -0.442 e. The molecule has 7 nitrogen and oxygen atoms in total. The summed E-state index contributed by atoms with van der Waals surface area (Å²) >= 11 is 4.51. The summed E-state index contributed by atoms with van der Waals surface area (Å²) in [6.07, 6.45) is -3.30. The van der Waals surface area contributed by atoms with Crippen molar-refractivity contribution in [1.29, 1.82) is 0 Å². The Kier molecular flexibility index (Phi) is 6.33. The van der Waals surface area contributed by atoms with Gasteiger partial charge < -0.3 is 15.0 Å². The number of rotatable bonds is 5. The summed E-state index contributed by atoms with van der Waals surface area (Å²) in [5, 5.41) is 2.40. The molecule has 0 bridgehead atoms. The van der Waals surface area contributed by atoms with Crippen molar-refractivity contribution in [2.24, 2.45) is 0 Å². The molecule has 11 heteroatoms. The molecule has 2 saturated heterocycles. The van der Waals surface area contributed by atoms with Crippen molar-refractivity contribution in [2.75, 3.05) is 47.5 Å². The molecule has 1 amide bonds. The van der Waals surface area contributed by atoms with Gasteiger partial charge in [-0.2, -0.15) is 0 Å². The first-order valence-electron chi connectivity index (χ1n) is 8.84. The Morgan fingerprint density at radius 2 is 1.89 bits per heavy atom. The normalized spacial score (nSPS) is 22.1. The third kappa shape index (κ3) is 5.07. The van der Waals surface area contributed by atoms with Gasteiger partial charge in [0.25, 0.3) is 6.43 Å². The van der Waals surface area contributed by atoms with Crippen LogP contribution in [-0.4, -0.2) is 69.7 Å². The number of anilines is 2. The number of carbonyl (C=O) groups excluding carboxylic acids is 1. The second-order valence-electron chi connectivity index (χ2n) is 6.67. The largest absolute Gasteiger partial charge is 0.442 e. The van der Waals surface area contributed by atoms with Gasteiger partial charge in [-0.3, -0.25) is 4.90 Å². The lowest BCUT2D eigenvalue weighted by Crippen LogP contribution is -2.36. The van der Waals surface area contributed by atoms with Gasteiger partial charge in [0.05, 0.1) is 24.6 Å². The Morgan fingerprint density at radius 1 is 1.21 bits per heavy atom. The van der Waals surface area contributed by atoms with Crippen molar-refractivity contribution >= 4 is 44.5 Å². The van der Waals surface area contributed by atoms with E-state index in [1.54, 1.807) is 12.1 Å². The lowest BCUT2D eigenvalue weighted by molar-refractivity contribution is 0.142. The van der Waals surface area contributed by atoms with Crippen LogP contribution < -0.4 is 15.1 Å². The number of amides is 1. The Hall–Kier alpha value is -2.01. The van der Waals surface area contributed by atoms with Gasteiger partial charge in [-0.15, -0.1) is 0 Å². The summed E-state index contributed by atoms with van der Waals surface area (Å²) in [6, 6.07) is 7.18. The molecule has 1 atom stereocenters. The Bertz CT molecular complexity index is 833. The van der Waals surface area contributed by atoms with Gasteiger partial charge in [0.1, 0.15) is 11.1 Å². The van der Waals surface area contributed by atoms with Crippen LogP contribution in [0, 0.1) is 0 Å². The number of benzene rings is 1. The maximum atomic E-state index is 12.4. The van der Waals surface area contributed by atoms with E-state index in [0.717, 1.165) is 5.69 Å². The number of halogens is 2. The average Bonchev–Trinajstić information content (AvgIpc) is 2.92. The molecule has 2 heterocycles. The standard InChI is InChI=1S/C17H21F2N3O4S2/c18-15(19)16(27)20-10-14-11-22(17(23)26-14)13-4-2-12(3-5-13)21-6-1-8-28(24,25)9-7-21/h2-5,14-15H,1,6-11H2,(H,20,27). The maximum Gasteiger partial charge on any atom is 0.414 e. The molecule has 0 radical (unpaired) electrons. The first kappa shape index (κ1) is 20.7. The van der Waals surface area contributed by atoms with Gasteiger partial charge in [-0.25, -0.2) is 22.0 Å². The molecule has 2 aliphatic rings. The summed E-state index contributed by atoms with van der Waals surface area (Å²) < 4.78 is 53.5. The third-order valence-electron chi connectivity index (χ3n) is 4.66. The molecule has 0 spiro atoms. The average molecular weight is 434 g/mol. The minimum atomic E-state index is -2.99. The zero-order valence-corrected chi connectivity index (χ0v) is 16.6. The van der Waals surface area contributed by atoms with Crippen LogP contribution >= 0.6 is 12.2 Å². The zero-order valence-electron chi connectivity index (χ0n) is 15.0. The molecule has 0 saturated carbocycles. The molecule has 154 valence electrons. The van der Waals surface area contributed by atoms with Crippen LogP contribution in [0.1, 0.15) is 6.42 Å². The first-order chi connectivity index (χ1) is 13.2. The molecule has 0 aromatic heterocycles. The number of hydrogen-bond acceptors (Lipinski definition) is 6. The smallest absolute Gasteiger partial charge is 0.414 e. The second kappa shape index (κ2) is 8.56. The predicted octanol–water partition coefficient (Wildman–Crippen LogP) is 1.82. The summed E-state index contributed by atoms with van der Waals surface area (Å²) in [6.45, 7) is 1.33. The van der Waals surface area contributed by atoms with E-state index in [4.69, 9.17) is 4.74 Å². The Labute approximate surface area is 167 Å². The molecular weight excluding hydrogens is 412 g/mol. The summed E-state index contributed by atoms with van der Waals surface area (Å²) in [5.41, 5.74) is 1.50. The van der Waals surface area contributed by atoms with Crippen molar-refractivity contribution < 1.29 is 26.7 Å². The van der Waals surface area contributed by atoms with Crippen LogP contribution in [0.2, 0.25) is 0 Å². The van der Waals surface area contributed by atoms with E-state index in [1.807, 2.05) is 17.0 Å². The highest BCUT2D eigenvalue weighted by Crippen LogP contribution is 2.25. The lowest BCUT2D eigenvalue weighted by Gasteiger charge is -2.23. The van der Waals surface area contributed by atoms with E-state index in [9.17, 15) is 22.0 Å². The highest BCUT2D eigenvalue weighted by molar-refractivity contribution is 7.91. The number of nitrogens with zero attached hydrogens (tertiary/aromatic N) is 2. The van der Waals surface area contributed by atoms with Crippen molar-refractivity contribution in [3.63, 3.8) is 0 Å². The number of thiocarbonyl (C=S) groups is 1. The van der Waals surface area contributed by atoms with Crippen LogP contribution in [0.3, 0.4) is 0 Å². The van der Waals surface area contributed by atoms with E-state index in [2.05, 4.69) is 17.5 Å². The molecule has 2 fully saturated rings.